The molecule has 1 aromatic rings. The van der Waals surface area contributed by atoms with Crippen LogP contribution in [0, 0.1) is 3.57 Å². The topological polar surface area (TPSA) is 26.3 Å². The van der Waals surface area contributed by atoms with Gasteiger partial charge >= 0.3 is 5.97 Å². The number of ether oxygens (including phenoxy) is 1. The fraction of sp³-hybridized carbons (Fsp3) is 0.364. The van der Waals surface area contributed by atoms with Gasteiger partial charge in [0.05, 0.1) is 12.2 Å². The number of benzene rings is 1. The van der Waals surface area contributed by atoms with E-state index in [-0.39, 0.29) is 5.97 Å². The van der Waals surface area contributed by atoms with Gasteiger partial charge in [-0.3, -0.25) is 0 Å². The molecule has 0 unspecified atom stereocenters. The van der Waals surface area contributed by atoms with Gasteiger partial charge in [0.2, 0.25) is 0 Å². The van der Waals surface area contributed by atoms with Crippen LogP contribution in [0.3, 0.4) is 0 Å². The van der Waals surface area contributed by atoms with E-state index in [9.17, 15) is 4.79 Å². The molecule has 0 aliphatic rings. The summed E-state index contributed by atoms with van der Waals surface area (Å²) in [5.74, 6) is 0.727. The number of hydrogen-bond donors (Lipinski definition) is 0. The number of esters is 1. The summed E-state index contributed by atoms with van der Waals surface area (Å²) in [6.07, 6.45) is 0. The van der Waals surface area contributed by atoms with E-state index in [2.05, 4.69) is 29.5 Å². The summed E-state index contributed by atoms with van der Waals surface area (Å²) in [7, 11) is 0. The molecule has 0 fully saturated rings. The molecule has 0 aromatic heterocycles. The average Bonchev–Trinajstić information content (AvgIpc) is 2.18. The minimum atomic E-state index is -0.224. The van der Waals surface area contributed by atoms with E-state index in [0.717, 1.165) is 14.2 Å². The molecule has 0 amide bonds. The number of carbonyl (C=O) groups is 1. The Hall–Kier alpha value is -0.230. The van der Waals surface area contributed by atoms with Gasteiger partial charge in [-0.15, -0.1) is 11.8 Å². The molecule has 0 aliphatic heterocycles. The Kier molecular flexibility index (Phi) is 5.45. The summed E-state index contributed by atoms with van der Waals surface area (Å²) in [6, 6.07) is 5.84. The van der Waals surface area contributed by atoms with E-state index in [0.29, 0.717) is 12.2 Å². The van der Waals surface area contributed by atoms with E-state index >= 15 is 0 Å². The third-order valence-electron chi connectivity index (χ3n) is 1.75. The first-order valence-corrected chi connectivity index (χ1v) is 6.85. The van der Waals surface area contributed by atoms with Crippen molar-refractivity contribution in [1.29, 1.82) is 0 Å². The second-order valence-electron chi connectivity index (χ2n) is 2.77. The maximum Gasteiger partial charge on any atom is 0.340 e. The van der Waals surface area contributed by atoms with Gasteiger partial charge in [-0.25, -0.2) is 4.79 Å². The van der Waals surface area contributed by atoms with Crippen molar-refractivity contribution in [3.63, 3.8) is 0 Å². The van der Waals surface area contributed by atoms with E-state index < -0.39 is 0 Å². The normalized spacial score (nSPS) is 10.1. The highest BCUT2D eigenvalue weighted by Crippen LogP contribution is 2.27. The van der Waals surface area contributed by atoms with E-state index in [1.165, 1.54) is 0 Å². The fourth-order valence-electron chi connectivity index (χ4n) is 1.18. The van der Waals surface area contributed by atoms with Crippen LogP contribution in [-0.4, -0.2) is 18.3 Å². The first kappa shape index (κ1) is 12.8. The SMILES string of the molecule is CCOC(=O)c1c(I)cccc1SCC. The predicted octanol–water partition coefficient (Wildman–Crippen LogP) is 3.58. The van der Waals surface area contributed by atoms with E-state index in [1.807, 2.05) is 25.1 Å². The lowest BCUT2D eigenvalue weighted by Crippen LogP contribution is -2.08. The Morgan fingerprint density at radius 2 is 2.20 bits per heavy atom. The maximum absolute atomic E-state index is 11.7. The second-order valence-corrected chi connectivity index (χ2v) is 5.23. The molecule has 82 valence electrons. The zero-order chi connectivity index (χ0) is 11.3. The van der Waals surface area contributed by atoms with Crippen LogP contribution in [0.15, 0.2) is 23.1 Å². The van der Waals surface area contributed by atoms with Gasteiger partial charge in [-0.05, 0) is 47.4 Å². The molecular weight excluding hydrogens is 323 g/mol. The van der Waals surface area contributed by atoms with Gasteiger partial charge in [0, 0.05) is 8.47 Å². The van der Waals surface area contributed by atoms with Crippen LogP contribution in [-0.2, 0) is 4.74 Å². The second kappa shape index (κ2) is 6.37. The monoisotopic (exact) mass is 336 g/mol. The van der Waals surface area contributed by atoms with Crippen molar-refractivity contribution in [2.75, 3.05) is 12.4 Å². The number of carbonyl (C=O) groups excluding carboxylic acids is 1. The molecule has 0 atom stereocenters. The Bertz CT molecular complexity index is 352. The van der Waals surface area contributed by atoms with Gasteiger partial charge in [-0.1, -0.05) is 13.0 Å². The van der Waals surface area contributed by atoms with Crippen LogP contribution in [0.1, 0.15) is 24.2 Å². The molecule has 0 bridgehead atoms. The quantitative estimate of drug-likeness (QED) is 0.478. The molecule has 1 aromatic carbocycles. The molecule has 15 heavy (non-hydrogen) atoms. The molecule has 0 saturated carbocycles. The Balaban J connectivity index is 3.06. The summed E-state index contributed by atoms with van der Waals surface area (Å²) in [6.45, 7) is 4.31. The van der Waals surface area contributed by atoms with Gasteiger partial charge < -0.3 is 4.74 Å². The summed E-state index contributed by atoms with van der Waals surface area (Å²) >= 11 is 3.83. The van der Waals surface area contributed by atoms with Crippen LogP contribution < -0.4 is 0 Å². The molecule has 1 rings (SSSR count). The lowest BCUT2D eigenvalue weighted by Gasteiger charge is -2.09. The third-order valence-corrected chi connectivity index (χ3v) is 3.59. The van der Waals surface area contributed by atoms with Crippen molar-refractivity contribution < 1.29 is 9.53 Å². The van der Waals surface area contributed by atoms with E-state index in [1.54, 1.807) is 11.8 Å². The number of rotatable bonds is 4. The van der Waals surface area contributed by atoms with Gasteiger partial charge in [0.15, 0.2) is 0 Å². The molecule has 0 heterocycles. The van der Waals surface area contributed by atoms with Crippen molar-refractivity contribution in [1.82, 2.24) is 0 Å². The highest BCUT2D eigenvalue weighted by Gasteiger charge is 2.15. The number of halogens is 1. The summed E-state index contributed by atoms with van der Waals surface area (Å²) < 4.78 is 5.99. The van der Waals surface area contributed by atoms with Crippen LogP contribution in [0.4, 0.5) is 0 Å². The molecular formula is C11H13IO2S. The van der Waals surface area contributed by atoms with Gasteiger partial charge in [-0.2, -0.15) is 0 Å². The largest absolute Gasteiger partial charge is 0.462 e. The highest BCUT2D eigenvalue weighted by molar-refractivity contribution is 14.1. The van der Waals surface area contributed by atoms with Crippen LogP contribution in [0.25, 0.3) is 0 Å². The molecule has 2 nitrogen and oxygen atoms in total. The Morgan fingerprint density at radius 1 is 1.47 bits per heavy atom. The van der Waals surface area contributed by atoms with Crippen LogP contribution in [0.5, 0.6) is 0 Å². The molecule has 0 aliphatic carbocycles. The number of hydrogen-bond acceptors (Lipinski definition) is 3. The highest BCUT2D eigenvalue weighted by atomic mass is 127. The maximum atomic E-state index is 11.7. The molecule has 0 N–H and O–H groups in total. The number of thioether (sulfide) groups is 1. The van der Waals surface area contributed by atoms with E-state index in [4.69, 9.17) is 4.74 Å². The molecule has 0 saturated heterocycles. The minimum absolute atomic E-state index is 0.224. The van der Waals surface area contributed by atoms with Crippen molar-refractivity contribution in [2.45, 2.75) is 18.7 Å². The predicted molar refractivity (Wildman–Crippen MR) is 71.5 cm³/mol. The zero-order valence-electron chi connectivity index (χ0n) is 8.75. The summed E-state index contributed by atoms with van der Waals surface area (Å²) in [5, 5.41) is 0. The van der Waals surface area contributed by atoms with Crippen molar-refractivity contribution in [3.05, 3.63) is 27.3 Å². The lowest BCUT2D eigenvalue weighted by atomic mass is 10.2. The molecule has 0 spiro atoms. The first-order valence-electron chi connectivity index (χ1n) is 4.79. The third kappa shape index (κ3) is 3.38. The smallest absolute Gasteiger partial charge is 0.340 e. The van der Waals surface area contributed by atoms with Crippen molar-refractivity contribution in [3.8, 4) is 0 Å². The fourth-order valence-corrected chi connectivity index (χ4v) is 2.91. The summed E-state index contributed by atoms with van der Waals surface area (Å²) in [4.78, 5) is 12.7. The van der Waals surface area contributed by atoms with Gasteiger partial charge in [0.1, 0.15) is 0 Å². The standard InChI is InChI=1S/C11H13IO2S/c1-3-14-11(13)10-8(12)6-5-7-9(10)15-4-2/h5-7H,3-4H2,1-2H3. The molecule has 0 radical (unpaired) electrons. The zero-order valence-corrected chi connectivity index (χ0v) is 11.7. The minimum Gasteiger partial charge on any atom is -0.462 e. The molecule has 4 heteroatoms. The van der Waals surface area contributed by atoms with Crippen molar-refractivity contribution >= 4 is 40.3 Å². The summed E-state index contributed by atoms with van der Waals surface area (Å²) in [5.41, 5.74) is 0.701. The van der Waals surface area contributed by atoms with Crippen molar-refractivity contribution in [2.24, 2.45) is 0 Å². The van der Waals surface area contributed by atoms with Gasteiger partial charge in [0.25, 0.3) is 0 Å². The first-order chi connectivity index (χ1) is 7.20. The van der Waals surface area contributed by atoms with Crippen LogP contribution in [0.2, 0.25) is 0 Å². The Morgan fingerprint density at radius 3 is 2.80 bits per heavy atom. The Labute approximate surface area is 108 Å². The van der Waals surface area contributed by atoms with Crippen LogP contribution >= 0.6 is 34.4 Å². The lowest BCUT2D eigenvalue weighted by molar-refractivity contribution is 0.0521. The average molecular weight is 336 g/mol.